The van der Waals surface area contributed by atoms with Crippen molar-refractivity contribution in [1.29, 1.82) is 0 Å². The van der Waals surface area contributed by atoms with E-state index in [2.05, 4.69) is 16.8 Å². The number of pyridine rings is 1. The van der Waals surface area contributed by atoms with Crippen LogP contribution in [-0.4, -0.2) is 36.1 Å². The lowest BCUT2D eigenvalue weighted by Crippen LogP contribution is -2.38. The van der Waals surface area contributed by atoms with Crippen LogP contribution in [-0.2, 0) is 6.54 Å². The van der Waals surface area contributed by atoms with Gasteiger partial charge in [0, 0.05) is 43.0 Å². The summed E-state index contributed by atoms with van der Waals surface area (Å²) < 4.78 is 5.51. The molecule has 2 N–H and O–H groups in total. The third-order valence-corrected chi connectivity index (χ3v) is 5.35. The number of aryl methyl sites for hydroxylation is 1. The lowest BCUT2D eigenvalue weighted by Gasteiger charge is -2.29. The Morgan fingerprint density at radius 2 is 2.14 bits per heavy atom. The fourth-order valence-corrected chi connectivity index (χ4v) is 4.18. The molecule has 4 nitrogen and oxygen atoms in total. The Morgan fingerprint density at radius 3 is 2.86 bits per heavy atom. The van der Waals surface area contributed by atoms with E-state index >= 15 is 0 Å². The van der Waals surface area contributed by atoms with Gasteiger partial charge in [0.25, 0.3) is 0 Å². The molecule has 1 saturated heterocycles. The van der Waals surface area contributed by atoms with Crippen LogP contribution in [0.4, 0.5) is 0 Å². The molecule has 3 unspecified atom stereocenters. The predicted molar refractivity (Wildman–Crippen MR) is 84.3 cm³/mol. The van der Waals surface area contributed by atoms with Crippen molar-refractivity contribution in [3.8, 4) is 5.75 Å². The van der Waals surface area contributed by atoms with Gasteiger partial charge in [-0.2, -0.15) is 0 Å². The number of aromatic nitrogens is 1. The van der Waals surface area contributed by atoms with Crippen LogP contribution >= 0.6 is 0 Å². The van der Waals surface area contributed by atoms with E-state index in [-0.39, 0.29) is 0 Å². The first-order valence-electron chi connectivity index (χ1n) is 8.07. The van der Waals surface area contributed by atoms with Crippen molar-refractivity contribution >= 4 is 0 Å². The van der Waals surface area contributed by atoms with Gasteiger partial charge in [-0.05, 0) is 38.5 Å². The molecule has 2 aliphatic rings. The Labute approximate surface area is 127 Å². The summed E-state index contributed by atoms with van der Waals surface area (Å²) in [4.78, 5) is 7.17. The molecular formula is C17H27N3O. The first-order chi connectivity index (χ1) is 10.1. The SMILES string of the molecule is COc1c(C)cnc(CN2CC3CCCC(N)C3C2)c1C. The minimum atomic E-state index is 0.398. The number of hydrogen-bond acceptors (Lipinski definition) is 4. The standard InChI is InChI=1S/C17H27N3O/c1-11-7-19-16(12(2)17(11)21-3)10-20-8-13-5-4-6-15(18)14(13)9-20/h7,13-15H,4-6,8-10,18H2,1-3H3. The fraction of sp³-hybridized carbons (Fsp3) is 0.706. The minimum Gasteiger partial charge on any atom is -0.496 e. The highest BCUT2D eigenvalue weighted by Gasteiger charge is 2.38. The first kappa shape index (κ1) is 14.8. The van der Waals surface area contributed by atoms with E-state index in [0.29, 0.717) is 12.0 Å². The van der Waals surface area contributed by atoms with Crippen LogP contribution in [0.3, 0.4) is 0 Å². The van der Waals surface area contributed by atoms with Crippen molar-refractivity contribution < 1.29 is 4.74 Å². The Hall–Kier alpha value is -1.13. The van der Waals surface area contributed by atoms with Crippen LogP contribution in [0.5, 0.6) is 5.75 Å². The summed E-state index contributed by atoms with van der Waals surface area (Å²) in [6.45, 7) is 7.39. The number of likely N-dealkylation sites (tertiary alicyclic amines) is 1. The second-order valence-electron chi connectivity index (χ2n) is 6.76. The lowest BCUT2D eigenvalue weighted by molar-refractivity contribution is 0.259. The zero-order valence-corrected chi connectivity index (χ0v) is 13.4. The van der Waals surface area contributed by atoms with E-state index in [4.69, 9.17) is 10.5 Å². The van der Waals surface area contributed by atoms with Crippen LogP contribution in [0.2, 0.25) is 0 Å². The lowest BCUT2D eigenvalue weighted by atomic mass is 9.78. The molecule has 0 spiro atoms. The van der Waals surface area contributed by atoms with Crippen molar-refractivity contribution in [2.45, 2.75) is 45.7 Å². The van der Waals surface area contributed by atoms with Gasteiger partial charge in [-0.1, -0.05) is 6.42 Å². The molecule has 2 fully saturated rings. The second kappa shape index (κ2) is 5.93. The number of nitrogens with zero attached hydrogens (tertiary/aromatic N) is 2. The molecule has 1 aliphatic carbocycles. The molecule has 1 aromatic heterocycles. The zero-order valence-electron chi connectivity index (χ0n) is 13.4. The van der Waals surface area contributed by atoms with E-state index in [1.165, 1.54) is 31.4 Å². The number of ether oxygens (including phenoxy) is 1. The number of nitrogens with two attached hydrogens (primary N) is 1. The average Bonchev–Trinajstić information content (AvgIpc) is 2.87. The zero-order chi connectivity index (χ0) is 15.0. The maximum Gasteiger partial charge on any atom is 0.128 e. The van der Waals surface area contributed by atoms with Crippen LogP contribution in [0.1, 0.15) is 36.1 Å². The maximum absolute atomic E-state index is 6.31. The molecule has 3 rings (SSSR count). The predicted octanol–water partition coefficient (Wildman–Crippen LogP) is 2.27. The van der Waals surface area contributed by atoms with Gasteiger partial charge in [-0.25, -0.2) is 0 Å². The van der Waals surface area contributed by atoms with Gasteiger partial charge in [0.15, 0.2) is 0 Å². The van der Waals surface area contributed by atoms with Crippen molar-refractivity contribution in [1.82, 2.24) is 9.88 Å². The Morgan fingerprint density at radius 1 is 1.33 bits per heavy atom. The minimum absolute atomic E-state index is 0.398. The molecule has 0 radical (unpaired) electrons. The molecule has 1 aliphatic heterocycles. The number of fused-ring (bicyclic) bond motifs is 1. The molecule has 3 atom stereocenters. The van der Waals surface area contributed by atoms with Crippen LogP contribution in [0, 0.1) is 25.7 Å². The van der Waals surface area contributed by atoms with Gasteiger partial charge < -0.3 is 10.5 Å². The summed E-state index contributed by atoms with van der Waals surface area (Å²) in [5, 5.41) is 0. The second-order valence-corrected chi connectivity index (χ2v) is 6.76. The highest BCUT2D eigenvalue weighted by atomic mass is 16.5. The topological polar surface area (TPSA) is 51.4 Å². The smallest absolute Gasteiger partial charge is 0.128 e. The molecule has 116 valence electrons. The normalized spacial score (nSPS) is 29.4. The Balaban J connectivity index is 1.73. The summed E-state index contributed by atoms with van der Waals surface area (Å²) in [6.07, 6.45) is 5.77. The van der Waals surface area contributed by atoms with Crippen molar-refractivity contribution in [2.24, 2.45) is 17.6 Å². The molecule has 1 saturated carbocycles. The Bertz CT molecular complexity index is 517. The molecular weight excluding hydrogens is 262 g/mol. The van der Waals surface area contributed by atoms with Crippen LogP contribution in [0.15, 0.2) is 6.20 Å². The molecule has 4 heteroatoms. The van der Waals surface area contributed by atoms with E-state index in [9.17, 15) is 0 Å². The largest absolute Gasteiger partial charge is 0.496 e. The molecule has 21 heavy (non-hydrogen) atoms. The molecule has 0 aromatic carbocycles. The van der Waals surface area contributed by atoms with Crippen LogP contribution < -0.4 is 10.5 Å². The van der Waals surface area contributed by atoms with E-state index in [0.717, 1.165) is 36.0 Å². The third-order valence-electron chi connectivity index (χ3n) is 5.35. The number of hydrogen-bond donors (Lipinski definition) is 1. The Kier molecular flexibility index (Phi) is 4.18. The molecule has 2 heterocycles. The van der Waals surface area contributed by atoms with E-state index < -0.39 is 0 Å². The summed E-state index contributed by atoms with van der Waals surface area (Å²) >= 11 is 0. The number of methoxy groups -OCH3 is 1. The van der Waals surface area contributed by atoms with Crippen molar-refractivity contribution in [3.05, 3.63) is 23.0 Å². The monoisotopic (exact) mass is 289 g/mol. The molecule has 1 aromatic rings. The summed E-state index contributed by atoms with van der Waals surface area (Å²) in [7, 11) is 1.74. The highest BCUT2D eigenvalue weighted by molar-refractivity contribution is 5.41. The summed E-state index contributed by atoms with van der Waals surface area (Å²) in [5.74, 6) is 2.46. The molecule has 0 bridgehead atoms. The third kappa shape index (κ3) is 2.79. The summed E-state index contributed by atoms with van der Waals surface area (Å²) in [6, 6.07) is 0.398. The quantitative estimate of drug-likeness (QED) is 0.927. The van der Waals surface area contributed by atoms with Gasteiger partial charge >= 0.3 is 0 Å². The number of rotatable bonds is 3. The van der Waals surface area contributed by atoms with E-state index in [1.54, 1.807) is 7.11 Å². The van der Waals surface area contributed by atoms with Gasteiger partial charge in [0.05, 0.1) is 12.8 Å². The molecule has 0 amide bonds. The average molecular weight is 289 g/mol. The van der Waals surface area contributed by atoms with Gasteiger partial charge in [-0.3, -0.25) is 9.88 Å². The maximum atomic E-state index is 6.31. The highest BCUT2D eigenvalue weighted by Crippen LogP contribution is 2.36. The summed E-state index contributed by atoms with van der Waals surface area (Å²) in [5.41, 5.74) is 9.74. The fourth-order valence-electron chi connectivity index (χ4n) is 4.18. The van der Waals surface area contributed by atoms with Crippen molar-refractivity contribution in [3.63, 3.8) is 0 Å². The first-order valence-corrected chi connectivity index (χ1v) is 8.07. The van der Waals surface area contributed by atoms with Gasteiger partial charge in [0.2, 0.25) is 0 Å². The van der Waals surface area contributed by atoms with Crippen LogP contribution in [0.25, 0.3) is 0 Å². The van der Waals surface area contributed by atoms with Gasteiger partial charge in [-0.15, -0.1) is 0 Å². The van der Waals surface area contributed by atoms with E-state index in [1.807, 2.05) is 13.1 Å². The van der Waals surface area contributed by atoms with Gasteiger partial charge in [0.1, 0.15) is 5.75 Å². The van der Waals surface area contributed by atoms with Crippen molar-refractivity contribution in [2.75, 3.05) is 20.2 Å².